The minimum atomic E-state index is -0.563. The van der Waals surface area contributed by atoms with Crippen LogP contribution in [0.25, 0.3) is 99.5 Å². The highest BCUT2D eigenvalue weighted by Gasteiger charge is 2.52. The van der Waals surface area contributed by atoms with Crippen molar-refractivity contribution >= 4 is 60.9 Å². The molecule has 13 aromatic rings. The van der Waals surface area contributed by atoms with Gasteiger partial charge in [0, 0.05) is 38.6 Å². The molecule has 1 spiro atoms. The summed E-state index contributed by atoms with van der Waals surface area (Å²) in [7, 11) is 0. The first-order valence-corrected chi connectivity index (χ1v) is 28.3. The van der Waals surface area contributed by atoms with E-state index in [1.807, 2.05) is 24.3 Å². The topological polar surface area (TPSA) is 29.5 Å². The molecule has 2 atom stereocenters. The summed E-state index contributed by atoms with van der Waals surface area (Å²) < 4.78 is 12.5. The first kappa shape index (κ1) is 48.0. The van der Waals surface area contributed by atoms with Gasteiger partial charge in [-0.25, -0.2) is 0 Å². The SMILES string of the molecule is CC(C)(C)CC(c1cccc(-c2ccc3c(c2)C2(c4ccccc4-3)c3ccccc3-c3ccc(N(c4ccc(-c5ccc6oc7ccccc7c6c5)cc4)c4ccc(-c5ccc6oc7ccccc7c6c5)cc4)cc32)c1)C(C)(C)C. The molecule has 2 heterocycles. The summed E-state index contributed by atoms with van der Waals surface area (Å²) in [6.07, 6.45) is 1.11. The number of furan rings is 2. The zero-order valence-corrected chi connectivity index (χ0v) is 46.1. The van der Waals surface area contributed by atoms with Gasteiger partial charge in [-0.1, -0.05) is 205 Å². The van der Waals surface area contributed by atoms with E-state index in [1.54, 1.807) is 0 Å². The molecule has 3 heteroatoms. The Bertz CT molecular complexity index is 4420. The highest BCUT2D eigenvalue weighted by Crippen LogP contribution is 2.64. The summed E-state index contributed by atoms with van der Waals surface area (Å²) in [6, 6.07) is 90.2. The number of hydrogen-bond acceptors (Lipinski definition) is 3. The van der Waals surface area contributed by atoms with Gasteiger partial charge in [-0.05, 0) is 185 Å². The average Bonchev–Trinajstić information content (AvgIpc) is 3.61. The molecule has 15 rings (SSSR count). The Hall–Kier alpha value is -9.18. The van der Waals surface area contributed by atoms with Crippen LogP contribution in [0.1, 0.15) is 81.7 Å². The number of anilines is 3. The second kappa shape index (κ2) is 17.9. The van der Waals surface area contributed by atoms with Crippen molar-refractivity contribution in [2.75, 3.05) is 4.90 Å². The number of rotatable bonds is 8. The largest absolute Gasteiger partial charge is 0.456 e. The van der Waals surface area contributed by atoms with Gasteiger partial charge in [-0.15, -0.1) is 0 Å². The molecule has 0 N–H and O–H groups in total. The zero-order chi connectivity index (χ0) is 54.1. The minimum absolute atomic E-state index is 0.110. The average molecular weight is 1030 g/mol. The third-order valence-corrected chi connectivity index (χ3v) is 17.5. The zero-order valence-electron chi connectivity index (χ0n) is 46.1. The van der Waals surface area contributed by atoms with Crippen molar-refractivity contribution in [3.8, 4) is 55.6 Å². The Balaban J connectivity index is 0.890. The predicted octanol–water partition coefficient (Wildman–Crippen LogP) is 21.9. The number of fused-ring (bicyclic) bond motifs is 16. The van der Waals surface area contributed by atoms with Crippen LogP contribution in [0, 0.1) is 10.8 Å². The van der Waals surface area contributed by atoms with Crippen molar-refractivity contribution in [3.05, 3.63) is 270 Å². The molecule has 80 heavy (non-hydrogen) atoms. The van der Waals surface area contributed by atoms with Crippen LogP contribution in [0.5, 0.6) is 0 Å². The normalized spacial score (nSPS) is 14.9. The molecule has 2 aliphatic rings. The summed E-state index contributed by atoms with van der Waals surface area (Å²) >= 11 is 0. The van der Waals surface area contributed by atoms with E-state index in [0.29, 0.717) is 5.92 Å². The maximum Gasteiger partial charge on any atom is 0.135 e. The fourth-order valence-corrected chi connectivity index (χ4v) is 13.8. The molecule has 0 radical (unpaired) electrons. The molecule has 2 aromatic heterocycles. The standard InChI is InChI=1S/C77H61NO2/c1-75(2,3)47-70(76(4,5)6)54-17-15-16-50(42-54)53-30-38-60-58-18-7-11-22-66(58)77(68(60)45-53)67-23-12-8-19-59(67)61-39-37-57(46-69(61)77)78(55-33-26-48(27-34-55)51-31-40-73-64(43-51)62-20-9-13-24-71(62)79-73)56-35-28-49(29-36-56)52-32-41-74-65(44-52)63-21-10-14-25-72(63)80-74/h7-46,70H,47H2,1-6H3. The van der Waals surface area contributed by atoms with Crippen molar-refractivity contribution < 1.29 is 8.83 Å². The summed E-state index contributed by atoms with van der Waals surface area (Å²) in [5.74, 6) is 0.411. The first-order valence-electron chi connectivity index (χ1n) is 28.3. The lowest BCUT2D eigenvalue weighted by molar-refractivity contribution is 0.229. The van der Waals surface area contributed by atoms with E-state index in [9.17, 15) is 0 Å². The van der Waals surface area contributed by atoms with Gasteiger partial charge in [0.05, 0.1) is 5.41 Å². The molecular formula is C77H61NO2. The lowest BCUT2D eigenvalue weighted by Gasteiger charge is -2.36. The summed E-state index contributed by atoms with van der Waals surface area (Å²) in [6.45, 7) is 14.3. The molecule has 0 aliphatic heterocycles. The monoisotopic (exact) mass is 1030 g/mol. The minimum Gasteiger partial charge on any atom is -0.456 e. The van der Waals surface area contributed by atoms with E-state index in [-0.39, 0.29) is 10.8 Å². The molecule has 2 unspecified atom stereocenters. The van der Waals surface area contributed by atoms with Crippen molar-refractivity contribution in [1.29, 1.82) is 0 Å². The van der Waals surface area contributed by atoms with Gasteiger partial charge in [0.25, 0.3) is 0 Å². The lowest BCUT2D eigenvalue weighted by Crippen LogP contribution is -2.26. The van der Waals surface area contributed by atoms with Crippen LogP contribution in [-0.2, 0) is 5.41 Å². The van der Waals surface area contributed by atoms with Crippen molar-refractivity contribution in [2.45, 2.75) is 59.3 Å². The summed E-state index contributed by atoms with van der Waals surface area (Å²) in [5, 5.41) is 4.50. The van der Waals surface area contributed by atoms with E-state index in [4.69, 9.17) is 8.83 Å². The Morgan fingerprint density at radius 3 is 1.31 bits per heavy atom. The number of nitrogens with zero attached hydrogens (tertiary/aromatic N) is 1. The van der Waals surface area contributed by atoms with Gasteiger partial charge >= 0.3 is 0 Å². The van der Waals surface area contributed by atoms with E-state index in [2.05, 4.69) is 265 Å². The van der Waals surface area contributed by atoms with Gasteiger partial charge in [-0.2, -0.15) is 0 Å². The molecule has 0 fully saturated rings. The molecular weight excluding hydrogens is 971 g/mol. The van der Waals surface area contributed by atoms with E-state index >= 15 is 0 Å². The smallest absolute Gasteiger partial charge is 0.135 e. The van der Waals surface area contributed by atoms with Crippen LogP contribution in [-0.4, -0.2) is 0 Å². The third-order valence-electron chi connectivity index (χ3n) is 17.5. The molecule has 3 nitrogen and oxygen atoms in total. The molecule has 0 saturated carbocycles. The van der Waals surface area contributed by atoms with E-state index in [0.717, 1.165) is 89.6 Å². The van der Waals surface area contributed by atoms with Gasteiger partial charge in [-0.3, -0.25) is 0 Å². The first-order chi connectivity index (χ1) is 38.9. The Labute approximate surface area is 468 Å². The highest BCUT2D eigenvalue weighted by molar-refractivity contribution is 6.07. The van der Waals surface area contributed by atoms with Crippen molar-refractivity contribution in [2.24, 2.45) is 10.8 Å². The van der Waals surface area contributed by atoms with Crippen LogP contribution in [0.15, 0.2) is 251 Å². The summed E-state index contributed by atoms with van der Waals surface area (Å²) in [5.41, 5.74) is 25.5. The molecule has 2 aliphatic carbocycles. The van der Waals surface area contributed by atoms with Crippen LogP contribution in [0.3, 0.4) is 0 Å². The number of para-hydroxylation sites is 2. The molecule has 0 amide bonds. The highest BCUT2D eigenvalue weighted by atomic mass is 16.3. The maximum atomic E-state index is 6.24. The van der Waals surface area contributed by atoms with Gasteiger partial charge < -0.3 is 13.7 Å². The van der Waals surface area contributed by atoms with Crippen molar-refractivity contribution in [3.63, 3.8) is 0 Å². The van der Waals surface area contributed by atoms with Crippen LogP contribution in [0.2, 0.25) is 0 Å². The fraction of sp³-hybridized carbons (Fsp3) is 0.143. The molecule has 0 saturated heterocycles. The predicted molar refractivity (Wildman–Crippen MR) is 335 cm³/mol. The van der Waals surface area contributed by atoms with Gasteiger partial charge in [0.15, 0.2) is 0 Å². The van der Waals surface area contributed by atoms with Crippen LogP contribution < -0.4 is 4.90 Å². The molecule has 0 bridgehead atoms. The van der Waals surface area contributed by atoms with E-state index < -0.39 is 5.41 Å². The Morgan fingerprint density at radius 1 is 0.338 bits per heavy atom. The Kier molecular flexibility index (Phi) is 10.8. The molecule has 386 valence electrons. The van der Waals surface area contributed by atoms with Gasteiger partial charge in [0.2, 0.25) is 0 Å². The fourth-order valence-electron chi connectivity index (χ4n) is 13.8. The quantitative estimate of drug-likeness (QED) is 0.152. The second-order valence-corrected chi connectivity index (χ2v) is 24.7. The lowest BCUT2D eigenvalue weighted by atomic mass is 9.68. The maximum absolute atomic E-state index is 6.24. The number of benzene rings is 11. The van der Waals surface area contributed by atoms with Crippen LogP contribution in [0.4, 0.5) is 17.1 Å². The van der Waals surface area contributed by atoms with E-state index in [1.165, 1.54) is 61.2 Å². The second-order valence-electron chi connectivity index (χ2n) is 24.7. The third kappa shape index (κ3) is 7.62. The number of hydrogen-bond donors (Lipinski definition) is 0. The molecule has 11 aromatic carbocycles. The van der Waals surface area contributed by atoms with Crippen LogP contribution >= 0.6 is 0 Å². The summed E-state index contributed by atoms with van der Waals surface area (Å²) in [4.78, 5) is 2.44. The van der Waals surface area contributed by atoms with Crippen molar-refractivity contribution in [1.82, 2.24) is 0 Å². The van der Waals surface area contributed by atoms with Gasteiger partial charge in [0.1, 0.15) is 22.3 Å². The Morgan fingerprint density at radius 2 is 0.762 bits per heavy atom.